The van der Waals surface area contributed by atoms with Crippen LogP contribution in [0, 0.1) is 5.92 Å². The fourth-order valence-electron chi connectivity index (χ4n) is 4.23. The molecule has 1 N–H and O–H groups in total. The van der Waals surface area contributed by atoms with Crippen LogP contribution in [-0.2, 0) is 0 Å². The molecule has 0 bridgehead atoms. The summed E-state index contributed by atoms with van der Waals surface area (Å²) in [5.41, 5.74) is 5.85. The van der Waals surface area contributed by atoms with Crippen molar-refractivity contribution in [1.82, 2.24) is 10.2 Å². The molecule has 2 nitrogen and oxygen atoms in total. The Hall–Kier alpha value is -1.64. The molecule has 0 unspecified atom stereocenters. The Morgan fingerprint density at radius 3 is 2.00 bits per heavy atom. The van der Waals surface area contributed by atoms with Gasteiger partial charge in [-0.15, -0.1) is 0 Å². The summed E-state index contributed by atoms with van der Waals surface area (Å²) in [4.78, 5) is 2.69. The highest BCUT2D eigenvalue weighted by Crippen LogP contribution is 2.46. The van der Waals surface area contributed by atoms with Crippen molar-refractivity contribution in [2.24, 2.45) is 5.92 Å². The zero-order valence-electron chi connectivity index (χ0n) is 13.3. The Kier molecular flexibility index (Phi) is 3.73. The van der Waals surface area contributed by atoms with E-state index in [1.807, 2.05) is 0 Å². The summed E-state index contributed by atoms with van der Waals surface area (Å²) in [6.07, 6.45) is 2.61. The number of nitrogens with one attached hydrogen (secondary N) is 1. The number of piperidine rings is 1. The first-order valence-electron chi connectivity index (χ1n) is 8.45. The number of fused-ring (bicyclic) bond motifs is 3. The van der Waals surface area contributed by atoms with Gasteiger partial charge in [0.2, 0.25) is 0 Å². The van der Waals surface area contributed by atoms with Crippen LogP contribution in [0.1, 0.15) is 30.0 Å². The average molecular weight is 292 g/mol. The van der Waals surface area contributed by atoms with Crippen LogP contribution in [0.3, 0.4) is 0 Å². The molecule has 0 amide bonds. The van der Waals surface area contributed by atoms with Crippen molar-refractivity contribution >= 4 is 0 Å². The molecule has 2 aliphatic rings. The molecule has 0 spiro atoms. The lowest BCUT2D eigenvalue weighted by atomic mass is 9.93. The van der Waals surface area contributed by atoms with Gasteiger partial charge in [-0.3, -0.25) is 4.90 Å². The smallest absolute Gasteiger partial charge is 0.0614 e. The third-order valence-electron chi connectivity index (χ3n) is 5.31. The predicted molar refractivity (Wildman–Crippen MR) is 91.9 cm³/mol. The first-order chi connectivity index (χ1) is 10.9. The fraction of sp³-hybridized carbons (Fsp3) is 0.400. The van der Waals surface area contributed by atoms with E-state index in [0.29, 0.717) is 6.04 Å². The largest absolute Gasteiger partial charge is 0.319 e. The number of benzene rings is 2. The Morgan fingerprint density at radius 2 is 1.45 bits per heavy atom. The lowest BCUT2D eigenvalue weighted by Crippen LogP contribution is -2.38. The van der Waals surface area contributed by atoms with Crippen molar-refractivity contribution in [3.63, 3.8) is 0 Å². The van der Waals surface area contributed by atoms with Crippen LogP contribution in [0.5, 0.6) is 0 Å². The van der Waals surface area contributed by atoms with Gasteiger partial charge in [-0.05, 0) is 67.7 Å². The van der Waals surface area contributed by atoms with Crippen LogP contribution in [0.2, 0.25) is 0 Å². The predicted octanol–water partition coefficient (Wildman–Crippen LogP) is 3.69. The summed E-state index contributed by atoms with van der Waals surface area (Å²) in [6, 6.07) is 18.4. The SMILES string of the molecule is CNCC1CCN(C2c3ccccc3-c3ccccc32)CC1. The molecule has 0 radical (unpaired) electrons. The minimum atomic E-state index is 0.461. The normalized spacial score (nSPS) is 19.1. The highest BCUT2D eigenvalue weighted by Gasteiger charge is 2.34. The Morgan fingerprint density at radius 1 is 0.909 bits per heavy atom. The molecule has 0 saturated carbocycles. The topological polar surface area (TPSA) is 15.3 Å². The van der Waals surface area contributed by atoms with Crippen LogP contribution in [0.4, 0.5) is 0 Å². The molecule has 1 aliphatic carbocycles. The molecule has 1 aliphatic heterocycles. The van der Waals surface area contributed by atoms with E-state index >= 15 is 0 Å². The summed E-state index contributed by atoms with van der Waals surface area (Å²) >= 11 is 0. The van der Waals surface area contributed by atoms with E-state index in [9.17, 15) is 0 Å². The van der Waals surface area contributed by atoms with Gasteiger partial charge >= 0.3 is 0 Å². The van der Waals surface area contributed by atoms with Gasteiger partial charge in [0, 0.05) is 0 Å². The van der Waals surface area contributed by atoms with E-state index in [1.165, 1.54) is 48.2 Å². The minimum Gasteiger partial charge on any atom is -0.319 e. The molecule has 2 aromatic carbocycles. The average Bonchev–Trinajstić information content (AvgIpc) is 2.91. The standard InChI is InChI=1S/C20H24N2/c1-21-14-15-10-12-22(13-11-15)20-18-8-4-2-6-16(18)17-7-3-5-9-19(17)20/h2-9,15,20-21H,10-14H2,1H3. The maximum Gasteiger partial charge on any atom is 0.0614 e. The summed E-state index contributed by atoms with van der Waals surface area (Å²) < 4.78 is 0. The van der Waals surface area contributed by atoms with E-state index in [4.69, 9.17) is 0 Å². The van der Waals surface area contributed by atoms with E-state index in [2.05, 4.69) is 65.8 Å². The molecule has 1 fully saturated rings. The van der Waals surface area contributed by atoms with Gasteiger partial charge < -0.3 is 5.32 Å². The van der Waals surface area contributed by atoms with Crippen molar-refractivity contribution < 1.29 is 0 Å². The summed E-state index contributed by atoms with van der Waals surface area (Å²) in [5.74, 6) is 0.841. The first kappa shape index (κ1) is 14.0. The Balaban J connectivity index is 1.65. The second-order valence-electron chi connectivity index (χ2n) is 6.61. The quantitative estimate of drug-likeness (QED) is 0.928. The fourth-order valence-corrected chi connectivity index (χ4v) is 4.23. The van der Waals surface area contributed by atoms with Gasteiger partial charge in [-0.1, -0.05) is 48.5 Å². The summed E-state index contributed by atoms with van der Waals surface area (Å²) in [5, 5.41) is 3.33. The molecule has 0 aromatic heterocycles. The molecular weight excluding hydrogens is 268 g/mol. The molecular formula is C20H24N2. The lowest BCUT2D eigenvalue weighted by molar-refractivity contribution is 0.153. The molecule has 2 aromatic rings. The van der Waals surface area contributed by atoms with Crippen LogP contribution in [0.25, 0.3) is 11.1 Å². The van der Waals surface area contributed by atoms with Crippen LogP contribution < -0.4 is 5.32 Å². The van der Waals surface area contributed by atoms with Crippen LogP contribution in [-0.4, -0.2) is 31.6 Å². The molecule has 1 saturated heterocycles. The van der Waals surface area contributed by atoms with E-state index in [0.717, 1.165) is 12.5 Å². The van der Waals surface area contributed by atoms with Gasteiger partial charge in [0.1, 0.15) is 0 Å². The molecule has 22 heavy (non-hydrogen) atoms. The van der Waals surface area contributed by atoms with Crippen molar-refractivity contribution in [3.8, 4) is 11.1 Å². The number of likely N-dealkylation sites (tertiary alicyclic amines) is 1. The van der Waals surface area contributed by atoms with Gasteiger partial charge in [0.25, 0.3) is 0 Å². The monoisotopic (exact) mass is 292 g/mol. The van der Waals surface area contributed by atoms with Gasteiger partial charge in [-0.25, -0.2) is 0 Å². The molecule has 2 heteroatoms. The molecule has 4 rings (SSSR count). The maximum absolute atomic E-state index is 3.33. The minimum absolute atomic E-state index is 0.461. The van der Waals surface area contributed by atoms with E-state index in [-0.39, 0.29) is 0 Å². The highest BCUT2D eigenvalue weighted by molar-refractivity contribution is 5.78. The van der Waals surface area contributed by atoms with Crippen molar-refractivity contribution in [2.45, 2.75) is 18.9 Å². The molecule has 1 heterocycles. The summed E-state index contributed by atoms with van der Waals surface area (Å²) in [6.45, 7) is 3.57. The molecule has 0 atom stereocenters. The van der Waals surface area contributed by atoms with Crippen molar-refractivity contribution in [2.75, 3.05) is 26.7 Å². The zero-order chi connectivity index (χ0) is 14.9. The van der Waals surface area contributed by atoms with Gasteiger partial charge in [-0.2, -0.15) is 0 Å². The third kappa shape index (κ3) is 2.27. The van der Waals surface area contributed by atoms with Crippen LogP contribution in [0.15, 0.2) is 48.5 Å². The second kappa shape index (κ2) is 5.86. The highest BCUT2D eigenvalue weighted by atomic mass is 15.2. The second-order valence-corrected chi connectivity index (χ2v) is 6.61. The maximum atomic E-state index is 3.33. The van der Waals surface area contributed by atoms with Gasteiger partial charge in [0.15, 0.2) is 0 Å². The molecule has 114 valence electrons. The Labute approximate surface area is 133 Å². The third-order valence-corrected chi connectivity index (χ3v) is 5.31. The number of hydrogen-bond acceptors (Lipinski definition) is 2. The van der Waals surface area contributed by atoms with E-state index in [1.54, 1.807) is 0 Å². The summed E-state index contributed by atoms with van der Waals surface area (Å²) in [7, 11) is 2.07. The number of rotatable bonds is 3. The van der Waals surface area contributed by atoms with E-state index < -0.39 is 0 Å². The lowest BCUT2D eigenvalue weighted by Gasteiger charge is -2.36. The first-order valence-corrected chi connectivity index (χ1v) is 8.45. The number of hydrogen-bond donors (Lipinski definition) is 1. The Bertz CT molecular complexity index is 611. The zero-order valence-corrected chi connectivity index (χ0v) is 13.3. The number of nitrogens with zero attached hydrogens (tertiary/aromatic N) is 1. The van der Waals surface area contributed by atoms with Gasteiger partial charge in [0.05, 0.1) is 6.04 Å². The van der Waals surface area contributed by atoms with Crippen molar-refractivity contribution in [3.05, 3.63) is 59.7 Å². The van der Waals surface area contributed by atoms with Crippen molar-refractivity contribution in [1.29, 1.82) is 0 Å². The van der Waals surface area contributed by atoms with Crippen LogP contribution >= 0.6 is 0 Å².